The molecule has 134 valence electrons. The van der Waals surface area contributed by atoms with Crippen LogP contribution in [0.25, 0.3) is 11.0 Å². The molecule has 0 aliphatic carbocycles. The van der Waals surface area contributed by atoms with E-state index >= 15 is 0 Å². The van der Waals surface area contributed by atoms with E-state index in [1.165, 1.54) is 0 Å². The van der Waals surface area contributed by atoms with Gasteiger partial charge in [0.05, 0.1) is 15.2 Å². The summed E-state index contributed by atoms with van der Waals surface area (Å²) in [6.07, 6.45) is -4.23. The number of alkyl halides is 4. The van der Waals surface area contributed by atoms with Crippen molar-refractivity contribution in [2.75, 3.05) is 0 Å². The Bertz CT molecular complexity index is 969. The quantitative estimate of drug-likeness (QED) is 0.465. The standard InChI is InChI=1S/C13H8F4N2O6/c1-4-8-6(20)3-7(13(16,17)12(14)15)25-11(8)10(19(23)24)5(2)9(4)18(21)22/h3,12H,1-2H3. The molecule has 0 aliphatic rings. The zero-order valence-corrected chi connectivity index (χ0v) is 12.5. The van der Waals surface area contributed by atoms with Crippen LogP contribution in [0.15, 0.2) is 15.3 Å². The SMILES string of the molecule is Cc1c([N+](=O)[O-])c(C)c2c(=O)cc(C(F)(F)C(F)F)oc2c1[N+](=O)[O-]. The maximum absolute atomic E-state index is 13.5. The molecule has 1 aromatic carbocycles. The predicted molar refractivity (Wildman–Crippen MR) is 75.2 cm³/mol. The van der Waals surface area contributed by atoms with Gasteiger partial charge in [0.15, 0.2) is 11.2 Å². The first-order valence-electron chi connectivity index (χ1n) is 6.47. The van der Waals surface area contributed by atoms with Crippen LogP contribution in [0.2, 0.25) is 0 Å². The van der Waals surface area contributed by atoms with Gasteiger partial charge in [-0.25, -0.2) is 8.78 Å². The summed E-state index contributed by atoms with van der Waals surface area (Å²) in [5.41, 5.74) is -5.14. The number of hydrogen-bond acceptors (Lipinski definition) is 6. The Labute approximate surface area is 135 Å². The fourth-order valence-corrected chi connectivity index (χ4v) is 2.46. The lowest BCUT2D eigenvalue weighted by molar-refractivity contribution is -0.394. The highest BCUT2D eigenvalue weighted by Gasteiger charge is 2.46. The van der Waals surface area contributed by atoms with Crippen molar-refractivity contribution in [1.82, 2.24) is 0 Å². The second-order valence-electron chi connectivity index (χ2n) is 5.06. The maximum Gasteiger partial charge on any atom is 0.363 e. The molecule has 0 atom stereocenters. The van der Waals surface area contributed by atoms with Crippen LogP contribution < -0.4 is 5.43 Å². The number of nitro groups is 2. The zero-order chi connectivity index (χ0) is 19.3. The normalized spacial score (nSPS) is 12.0. The molecule has 0 aliphatic heterocycles. The number of hydrogen-bond donors (Lipinski definition) is 0. The van der Waals surface area contributed by atoms with Crippen LogP contribution in [0.1, 0.15) is 16.9 Å². The van der Waals surface area contributed by atoms with E-state index in [0.717, 1.165) is 13.8 Å². The Balaban J connectivity index is 3.10. The Morgan fingerprint density at radius 2 is 1.60 bits per heavy atom. The molecule has 0 saturated carbocycles. The molecule has 0 N–H and O–H groups in total. The first kappa shape index (κ1) is 18.3. The van der Waals surface area contributed by atoms with Crippen LogP contribution in [0.3, 0.4) is 0 Å². The summed E-state index contributed by atoms with van der Waals surface area (Å²) in [5, 5.41) is 21.6. The van der Waals surface area contributed by atoms with E-state index in [9.17, 15) is 42.6 Å². The number of aryl methyl sites for hydroxylation is 1. The highest BCUT2D eigenvalue weighted by Crippen LogP contribution is 2.41. The van der Waals surface area contributed by atoms with Crippen LogP contribution in [-0.4, -0.2) is 16.3 Å². The number of halogens is 4. The van der Waals surface area contributed by atoms with Crippen molar-refractivity contribution in [2.45, 2.75) is 26.2 Å². The molecule has 0 spiro atoms. The molecular formula is C13H8F4N2O6. The lowest BCUT2D eigenvalue weighted by Gasteiger charge is -2.15. The smallest absolute Gasteiger partial charge is 0.363 e. The lowest BCUT2D eigenvalue weighted by Crippen LogP contribution is -2.25. The van der Waals surface area contributed by atoms with Crippen molar-refractivity contribution < 1.29 is 31.8 Å². The lowest BCUT2D eigenvalue weighted by atomic mass is 10.0. The Kier molecular flexibility index (Phi) is 4.24. The predicted octanol–water partition coefficient (Wildman–Crippen LogP) is 3.58. The summed E-state index contributed by atoms with van der Waals surface area (Å²) >= 11 is 0. The fraction of sp³-hybridized carbons (Fsp3) is 0.308. The average Bonchev–Trinajstić information content (AvgIpc) is 2.45. The Morgan fingerprint density at radius 3 is 2.04 bits per heavy atom. The van der Waals surface area contributed by atoms with Crippen molar-refractivity contribution in [3.05, 3.63) is 53.4 Å². The summed E-state index contributed by atoms with van der Waals surface area (Å²) < 4.78 is 56.5. The molecule has 0 bridgehead atoms. The van der Waals surface area contributed by atoms with Gasteiger partial charge in [0.25, 0.3) is 5.69 Å². The molecule has 2 aromatic rings. The van der Waals surface area contributed by atoms with Crippen molar-refractivity contribution in [3.63, 3.8) is 0 Å². The Morgan fingerprint density at radius 1 is 1.08 bits per heavy atom. The van der Waals surface area contributed by atoms with Gasteiger partial charge < -0.3 is 4.42 Å². The fourth-order valence-electron chi connectivity index (χ4n) is 2.46. The molecule has 0 fully saturated rings. The first-order chi connectivity index (χ1) is 11.4. The molecule has 25 heavy (non-hydrogen) atoms. The van der Waals surface area contributed by atoms with Crippen molar-refractivity contribution in [3.8, 4) is 0 Å². The van der Waals surface area contributed by atoms with Crippen LogP contribution in [-0.2, 0) is 5.92 Å². The first-order valence-corrected chi connectivity index (χ1v) is 6.47. The summed E-state index contributed by atoms with van der Waals surface area (Å²) in [5.74, 6) is -6.64. The number of benzene rings is 1. The van der Waals surface area contributed by atoms with E-state index in [4.69, 9.17) is 0 Å². The molecule has 0 amide bonds. The number of fused-ring (bicyclic) bond motifs is 1. The van der Waals surface area contributed by atoms with E-state index < -0.39 is 61.3 Å². The van der Waals surface area contributed by atoms with Gasteiger partial charge >= 0.3 is 18.0 Å². The molecule has 8 nitrogen and oxygen atoms in total. The van der Waals surface area contributed by atoms with Gasteiger partial charge in [-0.3, -0.25) is 25.0 Å². The van der Waals surface area contributed by atoms with Gasteiger partial charge in [0.1, 0.15) is 5.56 Å². The summed E-state index contributed by atoms with van der Waals surface area (Å²) in [4.78, 5) is 32.3. The van der Waals surface area contributed by atoms with Crippen molar-refractivity contribution in [1.29, 1.82) is 0 Å². The van der Waals surface area contributed by atoms with Crippen LogP contribution >= 0.6 is 0 Å². The molecule has 1 aromatic heterocycles. The third kappa shape index (κ3) is 2.68. The summed E-state index contributed by atoms with van der Waals surface area (Å²) in [6.45, 7) is 2.03. The third-order valence-corrected chi connectivity index (χ3v) is 3.57. The monoisotopic (exact) mass is 364 g/mol. The van der Waals surface area contributed by atoms with Crippen LogP contribution in [0.5, 0.6) is 0 Å². The van der Waals surface area contributed by atoms with E-state index in [1.54, 1.807) is 0 Å². The molecule has 0 radical (unpaired) electrons. The van der Waals surface area contributed by atoms with Gasteiger partial charge in [-0.15, -0.1) is 0 Å². The van der Waals surface area contributed by atoms with E-state index in [-0.39, 0.29) is 11.6 Å². The highest BCUT2D eigenvalue weighted by molar-refractivity contribution is 5.93. The highest BCUT2D eigenvalue weighted by atomic mass is 19.3. The molecule has 2 rings (SSSR count). The second kappa shape index (κ2) is 5.79. The average molecular weight is 364 g/mol. The Hall–Kier alpha value is -3.05. The van der Waals surface area contributed by atoms with Crippen LogP contribution in [0, 0.1) is 34.1 Å². The molecule has 12 heteroatoms. The molecule has 0 saturated heterocycles. The van der Waals surface area contributed by atoms with Crippen LogP contribution in [0.4, 0.5) is 28.9 Å². The minimum Gasteiger partial charge on any atom is -0.447 e. The molecule has 0 unspecified atom stereocenters. The number of nitro benzene ring substituents is 2. The minimum absolute atomic E-state index is 0.0459. The van der Waals surface area contributed by atoms with Gasteiger partial charge in [-0.05, 0) is 13.8 Å². The largest absolute Gasteiger partial charge is 0.447 e. The summed E-state index contributed by atoms with van der Waals surface area (Å²) in [7, 11) is 0. The molecule has 1 heterocycles. The zero-order valence-electron chi connectivity index (χ0n) is 12.5. The van der Waals surface area contributed by atoms with Gasteiger partial charge in [0.2, 0.25) is 5.58 Å². The maximum atomic E-state index is 13.5. The van der Waals surface area contributed by atoms with Crippen molar-refractivity contribution >= 4 is 22.3 Å². The van der Waals surface area contributed by atoms with E-state index in [2.05, 4.69) is 4.42 Å². The third-order valence-electron chi connectivity index (χ3n) is 3.57. The number of rotatable bonds is 4. The second-order valence-corrected chi connectivity index (χ2v) is 5.06. The van der Waals surface area contributed by atoms with Crippen molar-refractivity contribution in [2.24, 2.45) is 0 Å². The topological polar surface area (TPSA) is 116 Å². The van der Waals surface area contributed by atoms with Gasteiger partial charge in [-0.1, -0.05) is 0 Å². The van der Waals surface area contributed by atoms with Gasteiger partial charge in [-0.2, -0.15) is 8.78 Å². The number of nitrogens with zero attached hydrogens (tertiary/aromatic N) is 2. The minimum atomic E-state index is -4.87. The van der Waals surface area contributed by atoms with E-state index in [1.807, 2.05) is 0 Å². The molecular weight excluding hydrogens is 356 g/mol. The van der Waals surface area contributed by atoms with E-state index in [0.29, 0.717) is 0 Å². The van der Waals surface area contributed by atoms with Gasteiger partial charge in [0, 0.05) is 11.6 Å². The summed E-state index contributed by atoms with van der Waals surface area (Å²) in [6, 6.07) is 0.0459.